The highest BCUT2D eigenvalue weighted by atomic mass is 32.2. The van der Waals surface area contributed by atoms with Crippen molar-refractivity contribution in [1.29, 1.82) is 0 Å². The minimum absolute atomic E-state index is 0.0838. The Balaban J connectivity index is 1.61. The molecule has 0 aromatic heterocycles. The van der Waals surface area contributed by atoms with Gasteiger partial charge in [0.25, 0.3) is 0 Å². The van der Waals surface area contributed by atoms with Crippen LogP contribution in [0, 0.1) is 11.3 Å². The summed E-state index contributed by atoms with van der Waals surface area (Å²) >= 11 is 1.82. The normalized spacial score (nSPS) is 33.2. The van der Waals surface area contributed by atoms with Crippen LogP contribution >= 0.6 is 11.8 Å². The predicted octanol–water partition coefficient (Wildman–Crippen LogP) is 2.45. The van der Waals surface area contributed by atoms with Gasteiger partial charge in [-0.25, -0.2) is 0 Å². The van der Waals surface area contributed by atoms with Crippen molar-refractivity contribution < 1.29 is 9.59 Å². The van der Waals surface area contributed by atoms with E-state index in [9.17, 15) is 9.59 Å². The van der Waals surface area contributed by atoms with Gasteiger partial charge in [0.2, 0.25) is 11.8 Å². The molecule has 2 aliphatic heterocycles. The molecular formula is C14H21NO2S. The lowest BCUT2D eigenvalue weighted by molar-refractivity contribution is -0.141. The van der Waals surface area contributed by atoms with Crippen molar-refractivity contribution in [2.75, 3.05) is 18.1 Å². The maximum atomic E-state index is 12.4. The molecule has 3 fully saturated rings. The first-order valence-corrected chi connectivity index (χ1v) is 8.29. The van der Waals surface area contributed by atoms with Crippen LogP contribution in [0.15, 0.2) is 0 Å². The molecule has 0 aromatic carbocycles. The summed E-state index contributed by atoms with van der Waals surface area (Å²) in [6.07, 6.45) is 7.64. The van der Waals surface area contributed by atoms with E-state index in [0.717, 1.165) is 30.3 Å². The van der Waals surface area contributed by atoms with E-state index in [1.54, 1.807) is 4.90 Å². The quantitative estimate of drug-likeness (QED) is 0.737. The van der Waals surface area contributed by atoms with E-state index in [4.69, 9.17) is 0 Å². The number of carbonyl (C=O) groups excluding carboxylic acids is 2. The van der Waals surface area contributed by atoms with Gasteiger partial charge in [-0.2, -0.15) is 11.8 Å². The minimum atomic E-state index is -0.308. The van der Waals surface area contributed by atoms with Crippen LogP contribution in [0.2, 0.25) is 0 Å². The highest BCUT2D eigenvalue weighted by Gasteiger charge is 2.52. The average molecular weight is 267 g/mol. The number of rotatable bonds is 3. The zero-order valence-electron chi connectivity index (χ0n) is 10.8. The molecule has 1 saturated carbocycles. The van der Waals surface area contributed by atoms with Gasteiger partial charge in [-0.05, 0) is 24.5 Å². The van der Waals surface area contributed by atoms with Gasteiger partial charge >= 0.3 is 0 Å². The third-order valence-corrected chi connectivity index (χ3v) is 6.08. The molecule has 2 saturated heterocycles. The van der Waals surface area contributed by atoms with Crippen molar-refractivity contribution in [1.82, 2.24) is 4.90 Å². The Morgan fingerprint density at radius 3 is 2.72 bits per heavy atom. The summed E-state index contributed by atoms with van der Waals surface area (Å²) in [5, 5.41) is 0. The summed E-state index contributed by atoms with van der Waals surface area (Å²) in [7, 11) is 0. The zero-order chi connectivity index (χ0) is 12.6. The Bertz CT molecular complexity index is 357. The molecule has 0 aromatic rings. The lowest BCUT2D eigenvalue weighted by Crippen LogP contribution is -2.36. The molecule has 0 radical (unpaired) electrons. The topological polar surface area (TPSA) is 37.4 Å². The van der Waals surface area contributed by atoms with Crippen molar-refractivity contribution >= 4 is 23.6 Å². The summed E-state index contributed by atoms with van der Waals surface area (Å²) in [5.41, 5.74) is -0.308. The fourth-order valence-corrected chi connectivity index (χ4v) is 5.05. The van der Waals surface area contributed by atoms with Crippen molar-refractivity contribution in [3.05, 3.63) is 0 Å². The number of thioether (sulfide) groups is 1. The first kappa shape index (κ1) is 12.5. The monoisotopic (exact) mass is 267 g/mol. The van der Waals surface area contributed by atoms with E-state index in [-0.39, 0.29) is 17.2 Å². The predicted molar refractivity (Wildman–Crippen MR) is 72.3 cm³/mol. The van der Waals surface area contributed by atoms with E-state index in [1.165, 1.54) is 25.7 Å². The Labute approximate surface area is 113 Å². The van der Waals surface area contributed by atoms with Gasteiger partial charge in [-0.15, -0.1) is 0 Å². The lowest BCUT2D eigenvalue weighted by Gasteiger charge is -2.21. The molecule has 0 N–H and O–H groups in total. The molecule has 4 heteroatoms. The van der Waals surface area contributed by atoms with Crippen LogP contribution in [0.5, 0.6) is 0 Å². The second kappa shape index (κ2) is 4.87. The van der Waals surface area contributed by atoms with Gasteiger partial charge in [0.1, 0.15) is 0 Å². The highest BCUT2D eigenvalue weighted by molar-refractivity contribution is 7.99. The standard InChI is InChI=1S/C14H21NO2S/c16-12-9-14(6-8-18-10-14)13(17)15(12)7-5-11-3-1-2-4-11/h11H,1-10H2/t14-/m0/s1. The highest BCUT2D eigenvalue weighted by Crippen LogP contribution is 2.45. The fraction of sp³-hybridized carbons (Fsp3) is 0.857. The van der Waals surface area contributed by atoms with E-state index < -0.39 is 0 Å². The van der Waals surface area contributed by atoms with Crippen LogP contribution in [-0.2, 0) is 9.59 Å². The van der Waals surface area contributed by atoms with Crippen LogP contribution in [0.25, 0.3) is 0 Å². The maximum Gasteiger partial charge on any atom is 0.236 e. The molecule has 1 aliphatic carbocycles. The summed E-state index contributed by atoms with van der Waals surface area (Å²) in [5.74, 6) is 2.86. The number of hydrogen-bond acceptors (Lipinski definition) is 3. The van der Waals surface area contributed by atoms with Gasteiger partial charge in [0.15, 0.2) is 0 Å². The number of imide groups is 1. The van der Waals surface area contributed by atoms with Gasteiger partial charge in [-0.3, -0.25) is 14.5 Å². The largest absolute Gasteiger partial charge is 0.282 e. The zero-order valence-corrected chi connectivity index (χ0v) is 11.6. The second-order valence-corrected chi connectivity index (χ2v) is 7.15. The molecule has 2 heterocycles. The van der Waals surface area contributed by atoms with Gasteiger partial charge in [0.05, 0.1) is 5.41 Å². The SMILES string of the molecule is O=C1C[C@]2(CCSC2)C(=O)N1CCC1CCCC1. The second-order valence-electron chi connectivity index (χ2n) is 6.05. The van der Waals surface area contributed by atoms with Gasteiger partial charge < -0.3 is 0 Å². The van der Waals surface area contributed by atoms with Crippen LogP contribution in [0.3, 0.4) is 0 Å². The minimum Gasteiger partial charge on any atom is -0.282 e. The van der Waals surface area contributed by atoms with E-state index in [2.05, 4.69) is 0 Å². The molecule has 1 atom stereocenters. The number of carbonyl (C=O) groups is 2. The van der Waals surface area contributed by atoms with Crippen LogP contribution < -0.4 is 0 Å². The lowest BCUT2D eigenvalue weighted by atomic mass is 9.86. The third kappa shape index (κ3) is 2.09. The smallest absolute Gasteiger partial charge is 0.236 e. The molecule has 3 aliphatic rings. The van der Waals surface area contributed by atoms with Crippen molar-refractivity contribution in [3.8, 4) is 0 Å². The fourth-order valence-electron chi connectivity index (χ4n) is 3.61. The number of hydrogen-bond donors (Lipinski definition) is 0. The molecule has 0 bridgehead atoms. The van der Waals surface area contributed by atoms with Crippen LogP contribution in [-0.4, -0.2) is 34.8 Å². The number of amides is 2. The first-order chi connectivity index (χ1) is 8.71. The average Bonchev–Trinajstić information content (AvgIpc) is 3.03. The van der Waals surface area contributed by atoms with E-state index >= 15 is 0 Å². The molecule has 100 valence electrons. The molecule has 3 nitrogen and oxygen atoms in total. The molecular weight excluding hydrogens is 246 g/mol. The van der Waals surface area contributed by atoms with Crippen molar-refractivity contribution in [3.63, 3.8) is 0 Å². The Morgan fingerprint density at radius 1 is 1.28 bits per heavy atom. The summed E-state index contributed by atoms with van der Waals surface area (Å²) in [4.78, 5) is 26.1. The third-order valence-electron chi connectivity index (χ3n) is 4.83. The molecule has 1 spiro atoms. The summed E-state index contributed by atoms with van der Waals surface area (Å²) in [6.45, 7) is 0.675. The van der Waals surface area contributed by atoms with E-state index in [0.29, 0.717) is 13.0 Å². The maximum absolute atomic E-state index is 12.4. The molecule has 2 amide bonds. The van der Waals surface area contributed by atoms with Crippen molar-refractivity contribution in [2.45, 2.75) is 44.9 Å². The van der Waals surface area contributed by atoms with Gasteiger partial charge in [-0.1, -0.05) is 25.7 Å². The molecule has 18 heavy (non-hydrogen) atoms. The van der Waals surface area contributed by atoms with Crippen LogP contribution in [0.1, 0.15) is 44.9 Å². The van der Waals surface area contributed by atoms with Crippen LogP contribution in [0.4, 0.5) is 0 Å². The van der Waals surface area contributed by atoms with Crippen molar-refractivity contribution in [2.24, 2.45) is 11.3 Å². The summed E-state index contributed by atoms with van der Waals surface area (Å²) < 4.78 is 0. The molecule has 0 unspecified atom stereocenters. The molecule has 3 rings (SSSR count). The number of likely N-dealkylation sites (tertiary alicyclic amines) is 1. The number of nitrogens with zero attached hydrogens (tertiary/aromatic N) is 1. The first-order valence-electron chi connectivity index (χ1n) is 7.14. The summed E-state index contributed by atoms with van der Waals surface area (Å²) in [6, 6.07) is 0. The van der Waals surface area contributed by atoms with E-state index in [1.807, 2.05) is 11.8 Å². The Kier molecular flexibility index (Phi) is 3.39. The van der Waals surface area contributed by atoms with Gasteiger partial charge in [0, 0.05) is 18.7 Å². The Hall–Kier alpha value is -0.510. The Morgan fingerprint density at radius 2 is 2.06 bits per heavy atom.